The van der Waals surface area contributed by atoms with Gasteiger partial charge in [-0.3, -0.25) is 9.89 Å². The molecule has 0 amide bonds. The largest absolute Gasteiger partial charge is 0.357 e. The number of nitrogens with one attached hydrogen (secondary N) is 1. The van der Waals surface area contributed by atoms with Gasteiger partial charge in [0.25, 0.3) is 0 Å². The molecule has 0 aromatic carbocycles. The van der Waals surface area contributed by atoms with Crippen molar-refractivity contribution in [2.45, 2.75) is 6.92 Å². The van der Waals surface area contributed by atoms with Gasteiger partial charge < -0.3 is 15.1 Å². The van der Waals surface area contributed by atoms with Gasteiger partial charge in [-0.15, -0.1) is 24.0 Å². The van der Waals surface area contributed by atoms with E-state index < -0.39 is 9.84 Å². The molecule has 2 aliphatic heterocycles. The molecule has 2 aliphatic rings. The van der Waals surface area contributed by atoms with E-state index in [1.54, 1.807) is 0 Å². The van der Waals surface area contributed by atoms with E-state index in [1.165, 1.54) is 0 Å². The number of anilines is 1. The van der Waals surface area contributed by atoms with E-state index in [0.717, 1.165) is 51.0 Å². The van der Waals surface area contributed by atoms with Crippen LogP contribution in [0.3, 0.4) is 0 Å². The van der Waals surface area contributed by atoms with Crippen LogP contribution < -0.4 is 10.2 Å². The lowest BCUT2D eigenvalue weighted by atomic mass is 10.3. The molecule has 0 atom stereocenters. The van der Waals surface area contributed by atoms with Crippen LogP contribution in [0.2, 0.25) is 0 Å². The van der Waals surface area contributed by atoms with Crippen molar-refractivity contribution < 1.29 is 8.42 Å². The minimum absolute atomic E-state index is 0. The van der Waals surface area contributed by atoms with Gasteiger partial charge >= 0.3 is 0 Å². The lowest BCUT2D eigenvalue weighted by molar-refractivity contribution is 0.302. The van der Waals surface area contributed by atoms with E-state index in [1.807, 2.05) is 24.4 Å². The topological polar surface area (TPSA) is 81.1 Å². The summed E-state index contributed by atoms with van der Waals surface area (Å²) in [6.07, 6.45) is 1.83. The van der Waals surface area contributed by atoms with E-state index in [2.05, 4.69) is 31.9 Å². The molecule has 0 spiro atoms. The highest BCUT2D eigenvalue weighted by atomic mass is 127. The SMILES string of the molecule is CCNC(=NCCN1CCS(=O)(=O)CC1)N1CCN(c2ccccn2)CC1.I. The normalized spacial score (nSPS) is 20.5. The number of guanidine groups is 1. The van der Waals surface area contributed by atoms with Crippen molar-refractivity contribution in [3.05, 3.63) is 24.4 Å². The van der Waals surface area contributed by atoms with Crippen LogP contribution in [0.1, 0.15) is 6.92 Å². The first-order chi connectivity index (χ1) is 13.1. The van der Waals surface area contributed by atoms with Crippen LogP contribution in [0, 0.1) is 0 Å². The van der Waals surface area contributed by atoms with Crippen LogP contribution in [0.4, 0.5) is 5.82 Å². The standard InChI is InChI=1S/C18H30N6O2S.HI/c1-2-19-18(21-7-8-22-13-15-27(25,26)16-14-22)24-11-9-23(10-12-24)17-5-3-4-6-20-17;/h3-6H,2,7-16H2,1H3,(H,19,21);1H. The Morgan fingerprint density at radius 1 is 1.14 bits per heavy atom. The fraction of sp³-hybridized carbons (Fsp3) is 0.667. The average Bonchev–Trinajstić information content (AvgIpc) is 2.69. The zero-order valence-corrected chi connectivity index (χ0v) is 19.6. The molecule has 0 bridgehead atoms. The summed E-state index contributed by atoms with van der Waals surface area (Å²) in [5, 5.41) is 3.39. The highest BCUT2D eigenvalue weighted by Crippen LogP contribution is 2.12. The lowest BCUT2D eigenvalue weighted by Crippen LogP contribution is -2.53. The zero-order chi connectivity index (χ0) is 19.1. The third kappa shape index (κ3) is 6.73. The maximum atomic E-state index is 11.5. The predicted molar refractivity (Wildman–Crippen MR) is 125 cm³/mol. The van der Waals surface area contributed by atoms with E-state index in [0.29, 0.717) is 19.6 Å². The van der Waals surface area contributed by atoms with Gasteiger partial charge in [0.1, 0.15) is 5.82 Å². The van der Waals surface area contributed by atoms with Crippen molar-refractivity contribution >= 4 is 45.6 Å². The third-order valence-electron chi connectivity index (χ3n) is 5.00. The number of aromatic nitrogens is 1. The lowest BCUT2D eigenvalue weighted by Gasteiger charge is -2.37. The number of pyridine rings is 1. The Hall–Kier alpha value is -1.14. The molecule has 2 saturated heterocycles. The van der Waals surface area contributed by atoms with Crippen LogP contribution in [-0.2, 0) is 9.84 Å². The molecule has 0 aliphatic carbocycles. The number of hydrogen-bond acceptors (Lipinski definition) is 6. The Morgan fingerprint density at radius 2 is 1.86 bits per heavy atom. The molecular formula is C18H31IN6O2S. The van der Waals surface area contributed by atoms with E-state index in [4.69, 9.17) is 4.99 Å². The highest BCUT2D eigenvalue weighted by Gasteiger charge is 2.22. The first-order valence-electron chi connectivity index (χ1n) is 9.69. The molecule has 1 N–H and O–H groups in total. The predicted octanol–water partition coefficient (Wildman–Crippen LogP) is 0.518. The smallest absolute Gasteiger partial charge is 0.194 e. The molecule has 10 heteroatoms. The molecule has 0 unspecified atom stereocenters. The van der Waals surface area contributed by atoms with E-state index in [-0.39, 0.29) is 35.5 Å². The average molecular weight is 522 g/mol. The molecule has 2 fully saturated rings. The summed E-state index contributed by atoms with van der Waals surface area (Å²) in [4.78, 5) is 16.0. The Balaban J connectivity index is 0.00000280. The van der Waals surface area contributed by atoms with Crippen LogP contribution >= 0.6 is 24.0 Å². The summed E-state index contributed by atoms with van der Waals surface area (Å²) in [7, 11) is -2.82. The van der Waals surface area contributed by atoms with Crippen molar-refractivity contribution in [3.63, 3.8) is 0 Å². The summed E-state index contributed by atoms with van der Waals surface area (Å²) in [6, 6.07) is 6.01. The van der Waals surface area contributed by atoms with E-state index >= 15 is 0 Å². The van der Waals surface area contributed by atoms with Crippen molar-refractivity contribution in [2.75, 3.05) is 75.3 Å². The minimum atomic E-state index is -2.82. The second kappa shape index (κ2) is 11.1. The Morgan fingerprint density at radius 3 is 2.46 bits per heavy atom. The molecule has 158 valence electrons. The van der Waals surface area contributed by atoms with Crippen LogP contribution in [0.25, 0.3) is 0 Å². The summed E-state index contributed by atoms with van der Waals surface area (Å²) in [6.45, 7) is 9.30. The number of rotatable bonds is 5. The first-order valence-corrected chi connectivity index (χ1v) is 11.5. The van der Waals surface area contributed by atoms with Gasteiger partial charge in [0.05, 0.1) is 18.1 Å². The fourth-order valence-electron chi connectivity index (χ4n) is 3.39. The number of aliphatic imine (C=N–C) groups is 1. The first kappa shape index (κ1) is 23.1. The van der Waals surface area contributed by atoms with Gasteiger partial charge in [0.15, 0.2) is 15.8 Å². The molecule has 3 heterocycles. The molecule has 0 radical (unpaired) electrons. The monoisotopic (exact) mass is 522 g/mol. The van der Waals surface area contributed by atoms with Crippen LogP contribution in [0.5, 0.6) is 0 Å². The Labute approximate surface area is 185 Å². The van der Waals surface area contributed by atoms with Gasteiger partial charge in [-0.05, 0) is 19.1 Å². The zero-order valence-electron chi connectivity index (χ0n) is 16.5. The molecule has 3 rings (SSSR count). The Kier molecular flexibility index (Phi) is 9.22. The van der Waals surface area contributed by atoms with Crippen molar-refractivity contribution in [1.29, 1.82) is 0 Å². The minimum Gasteiger partial charge on any atom is -0.357 e. The summed E-state index contributed by atoms with van der Waals surface area (Å²) in [5.74, 6) is 2.51. The quantitative estimate of drug-likeness (QED) is 0.343. The van der Waals surface area contributed by atoms with Gasteiger partial charge in [0, 0.05) is 58.6 Å². The van der Waals surface area contributed by atoms with Gasteiger partial charge in [-0.25, -0.2) is 13.4 Å². The summed E-state index contributed by atoms with van der Waals surface area (Å²) in [5.41, 5.74) is 0. The van der Waals surface area contributed by atoms with Crippen LogP contribution in [0.15, 0.2) is 29.4 Å². The summed E-state index contributed by atoms with van der Waals surface area (Å²) < 4.78 is 23.0. The number of nitrogens with zero attached hydrogens (tertiary/aromatic N) is 5. The molecular weight excluding hydrogens is 491 g/mol. The Bertz CT molecular complexity index is 709. The molecule has 8 nitrogen and oxygen atoms in total. The number of halogens is 1. The molecule has 0 saturated carbocycles. The van der Waals surface area contributed by atoms with E-state index in [9.17, 15) is 8.42 Å². The summed E-state index contributed by atoms with van der Waals surface area (Å²) >= 11 is 0. The second-order valence-corrected chi connectivity index (χ2v) is 9.19. The van der Waals surface area contributed by atoms with Crippen LogP contribution in [-0.4, -0.2) is 99.6 Å². The third-order valence-corrected chi connectivity index (χ3v) is 6.61. The number of hydrogen-bond donors (Lipinski definition) is 1. The molecule has 1 aromatic heterocycles. The fourth-order valence-corrected chi connectivity index (χ4v) is 4.66. The second-order valence-electron chi connectivity index (χ2n) is 6.89. The van der Waals surface area contributed by atoms with Crippen molar-refractivity contribution in [3.8, 4) is 0 Å². The maximum absolute atomic E-state index is 11.5. The van der Waals surface area contributed by atoms with Crippen molar-refractivity contribution in [1.82, 2.24) is 20.1 Å². The highest BCUT2D eigenvalue weighted by molar-refractivity contribution is 14.0. The van der Waals surface area contributed by atoms with Crippen molar-refractivity contribution in [2.24, 2.45) is 4.99 Å². The number of piperazine rings is 1. The maximum Gasteiger partial charge on any atom is 0.194 e. The van der Waals surface area contributed by atoms with Gasteiger partial charge in [-0.2, -0.15) is 0 Å². The van der Waals surface area contributed by atoms with Gasteiger partial charge in [-0.1, -0.05) is 6.07 Å². The molecule has 28 heavy (non-hydrogen) atoms. The molecule has 1 aromatic rings. The van der Waals surface area contributed by atoms with Gasteiger partial charge in [0.2, 0.25) is 0 Å². The number of sulfone groups is 1.